The van der Waals surface area contributed by atoms with E-state index in [4.69, 9.17) is 4.74 Å². The average molecular weight is 611 g/mol. The van der Waals surface area contributed by atoms with Gasteiger partial charge in [-0.05, 0) is 62.8 Å². The minimum absolute atomic E-state index is 0.0215. The molecule has 42 heavy (non-hydrogen) atoms. The van der Waals surface area contributed by atoms with Crippen molar-refractivity contribution in [3.05, 3.63) is 81.6 Å². The maximum absolute atomic E-state index is 14.1. The number of sulfonamides is 1. The number of ketones is 1. The molecule has 3 aromatic rings. The zero-order valence-electron chi connectivity index (χ0n) is 24.8. The van der Waals surface area contributed by atoms with Crippen LogP contribution >= 0.6 is 11.3 Å². The topological polar surface area (TPSA) is 110 Å². The van der Waals surface area contributed by atoms with Crippen LogP contribution in [0.5, 0.6) is 5.75 Å². The summed E-state index contributed by atoms with van der Waals surface area (Å²) in [6, 6.07) is 11.9. The van der Waals surface area contributed by atoms with E-state index in [1.54, 1.807) is 20.2 Å². The number of carbonyl (C=O) groups excluding carboxylic acids is 2. The number of ether oxygens (including phenoxy) is 1. The molecule has 1 amide bonds. The van der Waals surface area contributed by atoms with E-state index in [-0.39, 0.29) is 18.1 Å². The Morgan fingerprint density at radius 2 is 1.90 bits per heavy atom. The number of allylic oxidation sites excluding steroid dienone is 1. The molecule has 4 rings (SSSR count). The number of thiazole rings is 1. The zero-order chi connectivity index (χ0) is 30.7. The summed E-state index contributed by atoms with van der Waals surface area (Å²) < 4.78 is 30.9. The van der Waals surface area contributed by atoms with Gasteiger partial charge in [0.1, 0.15) is 22.2 Å². The second-order valence-corrected chi connectivity index (χ2v) is 14.4. The quantitative estimate of drug-likeness (QED) is 0.244. The number of Topliss-reactive ketones (excluding diaryl/α,β-unsaturated/α-hetero) is 1. The summed E-state index contributed by atoms with van der Waals surface area (Å²) >= 11 is 1.31. The molecule has 1 aromatic carbocycles. The number of benzene rings is 1. The van der Waals surface area contributed by atoms with E-state index in [0.717, 1.165) is 28.3 Å². The minimum atomic E-state index is -3.72. The number of hydrogen-bond acceptors (Lipinski definition) is 8. The van der Waals surface area contributed by atoms with Gasteiger partial charge in [0.15, 0.2) is 5.78 Å². The van der Waals surface area contributed by atoms with E-state index in [0.29, 0.717) is 40.7 Å². The fraction of sp³-hybridized carbons (Fsp3) is 0.419. The molecular formula is C31H38N4O5S2. The van der Waals surface area contributed by atoms with Crippen LogP contribution in [0.4, 0.5) is 0 Å². The van der Waals surface area contributed by atoms with E-state index in [9.17, 15) is 18.0 Å². The predicted octanol–water partition coefficient (Wildman–Crippen LogP) is 4.66. The van der Waals surface area contributed by atoms with Crippen molar-refractivity contribution in [3.63, 3.8) is 0 Å². The third-order valence-corrected chi connectivity index (χ3v) is 10.2. The first kappa shape index (κ1) is 31.5. The van der Waals surface area contributed by atoms with Crippen molar-refractivity contribution in [2.45, 2.75) is 51.5 Å². The molecule has 9 nitrogen and oxygen atoms in total. The zero-order valence-corrected chi connectivity index (χ0v) is 26.5. The van der Waals surface area contributed by atoms with Gasteiger partial charge in [-0.15, -0.1) is 11.3 Å². The number of rotatable bonds is 14. The van der Waals surface area contributed by atoms with Gasteiger partial charge in [0.25, 0.3) is 0 Å². The maximum atomic E-state index is 14.1. The molecule has 11 heteroatoms. The molecule has 0 aliphatic heterocycles. The van der Waals surface area contributed by atoms with Gasteiger partial charge < -0.3 is 9.64 Å². The highest BCUT2D eigenvalue weighted by Crippen LogP contribution is 2.49. The van der Waals surface area contributed by atoms with Crippen molar-refractivity contribution < 1.29 is 22.7 Å². The standard InChI is InChI=1S/C31H38N4O5S2/c1-21(2)24-11-7-9-23(17-24)10-8-16-35(30(37)31(14-15-31)27-13-12-25(40-6)18-32-27)19-28-33-29(22(3)41-28)26(36)20-42(38,39)34(4)5/h7,9,11-13,17-18H,1,8,10,14-16,19-20H2,2-6H3. The van der Waals surface area contributed by atoms with Crippen LogP contribution in [0.3, 0.4) is 0 Å². The largest absolute Gasteiger partial charge is 0.495 e. The lowest BCUT2D eigenvalue weighted by atomic mass is 9.98. The minimum Gasteiger partial charge on any atom is -0.495 e. The summed E-state index contributed by atoms with van der Waals surface area (Å²) in [5, 5.41) is 0.592. The van der Waals surface area contributed by atoms with E-state index < -0.39 is 27.0 Å². The number of amides is 1. The van der Waals surface area contributed by atoms with Gasteiger partial charge in [0.2, 0.25) is 15.9 Å². The first-order valence-electron chi connectivity index (χ1n) is 13.8. The van der Waals surface area contributed by atoms with E-state index in [1.807, 2.05) is 36.1 Å². The molecule has 1 fully saturated rings. The van der Waals surface area contributed by atoms with E-state index in [2.05, 4.69) is 28.7 Å². The van der Waals surface area contributed by atoms with Crippen LogP contribution in [0, 0.1) is 6.92 Å². The number of pyridine rings is 1. The summed E-state index contributed by atoms with van der Waals surface area (Å²) in [4.78, 5) is 38.5. The molecule has 0 atom stereocenters. The molecule has 0 unspecified atom stereocenters. The van der Waals surface area contributed by atoms with Gasteiger partial charge in [-0.2, -0.15) is 0 Å². The van der Waals surface area contributed by atoms with Gasteiger partial charge in [-0.3, -0.25) is 14.6 Å². The molecule has 1 aliphatic carbocycles. The molecule has 2 aromatic heterocycles. The summed E-state index contributed by atoms with van der Waals surface area (Å²) in [5.41, 5.74) is 3.42. The number of methoxy groups -OCH3 is 1. The Labute approximate surface area is 252 Å². The molecular weight excluding hydrogens is 572 g/mol. The Morgan fingerprint density at radius 1 is 1.17 bits per heavy atom. The number of aryl methyl sites for hydroxylation is 2. The van der Waals surface area contributed by atoms with Crippen LogP contribution in [-0.4, -0.2) is 72.8 Å². The SMILES string of the molecule is C=C(C)c1cccc(CCCN(Cc2nc(C(=O)CS(=O)(=O)N(C)C)c(C)s2)C(=O)C2(c3ccc(OC)cn3)CC2)c1. The van der Waals surface area contributed by atoms with Crippen LogP contribution in [0.15, 0.2) is 49.2 Å². The Balaban J connectivity index is 1.56. The van der Waals surface area contributed by atoms with Gasteiger partial charge in [0, 0.05) is 25.5 Å². The van der Waals surface area contributed by atoms with Crippen LogP contribution < -0.4 is 4.74 Å². The third kappa shape index (κ3) is 7.14. The molecule has 224 valence electrons. The van der Waals surface area contributed by atoms with Gasteiger partial charge in [0.05, 0.1) is 31.0 Å². The van der Waals surface area contributed by atoms with Gasteiger partial charge in [-0.1, -0.05) is 36.4 Å². The maximum Gasteiger partial charge on any atom is 0.235 e. The molecule has 0 N–H and O–H groups in total. The highest BCUT2D eigenvalue weighted by Gasteiger charge is 2.54. The normalized spacial score (nSPS) is 14.0. The molecule has 1 saturated carbocycles. The molecule has 1 aliphatic rings. The average Bonchev–Trinajstić information content (AvgIpc) is 3.68. The third-order valence-electron chi connectivity index (χ3n) is 7.52. The van der Waals surface area contributed by atoms with Crippen LogP contribution in [0.1, 0.15) is 63.4 Å². The molecule has 2 heterocycles. The number of carbonyl (C=O) groups is 2. The summed E-state index contributed by atoms with van der Waals surface area (Å²) in [6.45, 7) is 8.48. The van der Waals surface area contributed by atoms with Gasteiger partial charge >= 0.3 is 0 Å². The lowest BCUT2D eigenvalue weighted by Gasteiger charge is -2.27. The lowest BCUT2D eigenvalue weighted by Crippen LogP contribution is -2.40. The Morgan fingerprint density at radius 3 is 2.50 bits per heavy atom. The van der Waals surface area contributed by atoms with Crippen molar-refractivity contribution in [1.82, 2.24) is 19.2 Å². The fourth-order valence-electron chi connectivity index (χ4n) is 4.81. The predicted molar refractivity (Wildman–Crippen MR) is 165 cm³/mol. The molecule has 0 spiro atoms. The smallest absolute Gasteiger partial charge is 0.235 e. The van der Waals surface area contributed by atoms with Crippen molar-refractivity contribution in [3.8, 4) is 5.75 Å². The molecule has 0 radical (unpaired) electrons. The van der Waals surface area contributed by atoms with E-state index in [1.165, 1.54) is 31.0 Å². The second kappa shape index (κ2) is 12.8. The van der Waals surface area contributed by atoms with Gasteiger partial charge in [-0.25, -0.2) is 17.7 Å². The number of aromatic nitrogens is 2. The Bertz CT molecular complexity index is 1570. The van der Waals surface area contributed by atoms with Crippen molar-refractivity contribution in [1.29, 1.82) is 0 Å². The van der Waals surface area contributed by atoms with Crippen LogP contribution in [0.25, 0.3) is 5.57 Å². The highest BCUT2D eigenvalue weighted by atomic mass is 32.2. The first-order valence-corrected chi connectivity index (χ1v) is 16.2. The summed E-state index contributed by atoms with van der Waals surface area (Å²) in [7, 11) is 0.645. The first-order chi connectivity index (χ1) is 19.9. The fourth-order valence-corrected chi connectivity index (χ4v) is 6.51. The highest BCUT2D eigenvalue weighted by molar-refractivity contribution is 7.89. The van der Waals surface area contributed by atoms with Crippen molar-refractivity contribution >= 4 is 38.6 Å². The second-order valence-electron chi connectivity index (χ2n) is 11.0. The molecule has 0 saturated heterocycles. The Kier molecular flexibility index (Phi) is 9.64. The monoisotopic (exact) mass is 610 g/mol. The van der Waals surface area contributed by atoms with Crippen LogP contribution in [-0.2, 0) is 33.2 Å². The molecule has 0 bridgehead atoms. The number of hydrogen-bond donors (Lipinski definition) is 0. The lowest BCUT2D eigenvalue weighted by molar-refractivity contribution is -0.134. The Hall–Kier alpha value is -3.41. The van der Waals surface area contributed by atoms with Crippen molar-refractivity contribution in [2.24, 2.45) is 0 Å². The number of nitrogens with zero attached hydrogens (tertiary/aromatic N) is 4. The summed E-state index contributed by atoms with van der Waals surface area (Å²) in [6.07, 6.45) is 4.54. The van der Waals surface area contributed by atoms with Crippen molar-refractivity contribution in [2.75, 3.05) is 33.5 Å². The van der Waals surface area contributed by atoms with E-state index >= 15 is 0 Å². The summed E-state index contributed by atoms with van der Waals surface area (Å²) in [5.74, 6) is -0.600. The van der Waals surface area contributed by atoms with Crippen LogP contribution in [0.2, 0.25) is 0 Å².